The summed E-state index contributed by atoms with van der Waals surface area (Å²) < 4.78 is 0. The summed E-state index contributed by atoms with van der Waals surface area (Å²) in [6.07, 6.45) is 0. The Balaban J connectivity index is 1.03. The van der Waals surface area contributed by atoms with Crippen LogP contribution in [0.15, 0.2) is 206 Å². The van der Waals surface area contributed by atoms with E-state index in [2.05, 4.69) is 244 Å². The average molecular weight is 795 g/mol. The quantitative estimate of drug-likeness (QED) is 0.171. The molecule has 0 bridgehead atoms. The van der Waals surface area contributed by atoms with Crippen LogP contribution in [-0.2, 0) is 10.8 Å². The molecule has 1 aliphatic heterocycles. The normalized spacial score (nSPS) is 14.4. The van der Waals surface area contributed by atoms with E-state index in [4.69, 9.17) is 0 Å². The highest BCUT2D eigenvalue weighted by atomic mass is 15.2. The Labute approximate surface area is 365 Å². The van der Waals surface area contributed by atoms with Crippen molar-refractivity contribution in [1.29, 1.82) is 0 Å². The molecule has 0 saturated carbocycles. The number of rotatable bonds is 5. The summed E-state index contributed by atoms with van der Waals surface area (Å²) in [5.41, 5.74) is 24.7. The molecule has 3 aliphatic rings. The first-order chi connectivity index (χ1) is 30.3. The van der Waals surface area contributed by atoms with Crippen molar-refractivity contribution >= 4 is 34.1 Å². The highest BCUT2D eigenvalue weighted by molar-refractivity contribution is 6.03. The highest BCUT2D eigenvalue weighted by Gasteiger charge is 2.38. The first-order valence-corrected chi connectivity index (χ1v) is 21.8. The van der Waals surface area contributed by atoms with Gasteiger partial charge in [-0.15, -0.1) is 0 Å². The third-order valence-electron chi connectivity index (χ3n) is 14.0. The second kappa shape index (κ2) is 13.5. The van der Waals surface area contributed by atoms with Crippen molar-refractivity contribution in [3.8, 4) is 55.6 Å². The number of fused-ring (bicyclic) bond motifs is 11. The maximum absolute atomic E-state index is 2.48. The number of hydrogen-bond donors (Lipinski definition) is 0. The van der Waals surface area contributed by atoms with Crippen molar-refractivity contribution in [1.82, 2.24) is 0 Å². The number of anilines is 6. The first-order valence-electron chi connectivity index (χ1n) is 21.8. The predicted molar refractivity (Wildman–Crippen MR) is 261 cm³/mol. The molecule has 0 N–H and O–H groups in total. The lowest BCUT2D eigenvalue weighted by atomic mass is 9.82. The largest absolute Gasteiger partial charge is 0.310 e. The SMILES string of the molecule is CC1(C)c2ccccc2-c2ccc(N(c3cccc(-c4ccc5c(c4)-c4ccccc4-c4ccccc4N5c4ccccc4)c3)c3ccc4c(c3)C(C)(C)c3ccccc3-4)cc21. The van der Waals surface area contributed by atoms with Gasteiger partial charge in [0.05, 0.1) is 11.4 Å². The van der Waals surface area contributed by atoms with Crippen LogP contribution in [0.2, 0.25) is 0 Å². The summed E-state index contributed by atoms with van der Waals surface area (Å²) in [4.78, 5) is 4.91. The van der Waals surface area contributed by atoms with E-state index >= 15 is 0 Å². The monoisotopic (exact) mass is 794 g/mol. The summed E-state index contributed by atoms with van der Waals surface area (Å²) >= 11 is 0. The van der Waals surface area contributed by atoms with Crippen molar-refractivity contribution in [2.24, 2.45) is 0 Å². The molecule has 62 heavy (non-hydrogen) atoms. The highest BCUT2D eigenvalue weighted by Crippen LogP contribution is 2.55. The number of hydrogen-bond acceptors (Lipinski definition) is 2. The smallest absolute Gasteiger partial charge is 0.0540 e. The van der Waals surface area contributed by atoms with Crippen LogP contribution >= 0.6 is 0 Å². The van der Waals surface area contributed by atoms with Crippen molar-refractivity contribution in [3.05, 3.63) is 229 Å². The Morgan fingerprint density at radius 1 is 0.306 bits per heavy atom. The van der Waals surface area contributed by atoms with Gasteiger partial charge in [0, 0.05) is 44.7 Å². The van der Waals surface area contributed by atoms with Crippen LogP contribution in [0.25, 0.3) is 55.6 Å². The van der Waals surface area contributed by atoms with Crippen molar-refractivity contribution in [2.75, 3.05) is 9.80 Å². The van der Waals surface area contributed by atoms with E-state index in [1.165, 1.54) is 89.3 Å². The molecule has 2 aliphatic carbocycles. The topological polar surface area (TPSA) is 6.48 Å². The van der Waals surface area contributed by atoms with Crippen LogP contribution in [0.5, 0.6) is 0 Å². The van der Waals surface area contributed by atoms with E-state index in [0.717, 1.165) is 22.7 Å². The molecule has 2 heteroatoms. The molecule has 9 aromatic carbocycles. The van der Waals surface area contributed by atoms with E-state index in [0.29, 0.717) is 0 Å². The van der Waals surface area contributed by atoms with Gasteiger partial charge >= 0.3 is 0 Å². The van der Waals surface area contributed by atoms with Gasteiger partial charge in [0.15, 0.2) is 0 Å². The Morgan fingerprint density at radius 3 is 1.40 bits per heavy atom. The second-order valence-corrected chi connectivity index (χ2v) is 18.2. The third kappa shape index (κ3) is 5.36. The minimum absolute atomic E-state index is 0.123. The zero-order valence-corrected chi connectivity index (χ0v) is 35.5. The molecular weight excluding hydrogens is 749 g/mol. The summed E-state index contributed by atoms with van der Waals surface area (Å²) in [7, 11) is 0. The lowest BCUT2D eigenvalue weighted by Crippen LogP contribution is -2.18. The standard InChI is InChI=1S/C60H46N2/c1-59(2)53-26-13-10-23-47(53)49-32-30-43(37-55(49)59)61(44-31-33-50-48-24-11-14-27-54(48)60(3,4)56(50)38-44)42-20-16-17-39(35-42)40-29-34-58-52(36-40)46-22-9-8-21-45(46)51-25-12-15-28-57(51)62(58)41-18-6-5-7-19-41/h5-38H,1-4H3. The van der Waals surface area contributed by atoms with Crippen LogP contribution in [0, 0.1) is 0 Å². The Hall–Kier alpha value is -7.42. The lowest BCUT2D eigenvalue weighted by molar-refractivity contribution is 0.660. The molecule has 9 aromatic rings. The summed E-state index contributed by atoms with van der Waals surface area (Å²) in [5.74, 6) is 0. The van der Waals surface area contributed by atoms with Crippen LogP contribution in [-0.4, -0.2) is 0 Å². The second-order valence-electron chi connectivity index (χ2n) is 18.2. The lowest BCUT2D eigenvalue weighted by Gasteiger charge is -2.30. The van der Waals surface area contributed by atoms with Crippen LogP contribution < -0.4 is 9.80 Å². The van der Waals surface area contributed by atoms with Gasteiger partial charge in [0.25, 0.3) is 0 Å². The molecule has 0 saturated heterocycles. The van der Waals surface area contributed by atoms with Gasteiger partial charge in [-0.3, -0.25) is 0 Å². The van der Waals surface area contributed by atoms with E-state index < -0.39 is 0 Å². The fraction of sp³-hybridized carbons (Fsp3) is 0.100. The van der Waals surface area contributed by atoms with Gasteiger partial charge in [-0.05, 0) is 133 Å². The van der Waals surface area contributed by atoms with E-state index in [1.54, 1.807) is 0 Å². The average Bonchev–Trinajstić information content (AvgIpc) is 3.63. The van der Waals surface area contributed by atoms with E-state index in [-0.39, 0.29) is 10.8 Å². The van der Waals surface area contributed by atoms with Gasteiger partial charge in [-0.2, -0.15) is 0 Å². The maximum Gasteiger partial charge on any atom is 0.0540 e. The minimum Gasteiger partial charge on any atom is -0.310 e. The zero-order valence-electron chi connectivity index (χ0n) is 35.5. The van der Waals surface area contributed by atoms with Gasteiger partial charge in [-0.1, -0.05) is 167 Å². The molecule has 0 atom stereocenters. The molecule has 1 heterocycles. The third-order valence-corrected chi connectivity index (χ3v) is 14.0. The molecule has 2 nitrogen and oxygen atoms in total. The number of nitrogens with zero attached hydrogens (tertiary/aromatic N) is 2. The van der Waals surface area contributed by atoms with E-state index in [1.807, 2.05) is 0 Å². The fourth-order valence-electron chi connectivity index (χ4n) is 10.9. The minimum atomic E-state index is -0.123. The molecule has 0 radical (unpaired) electrons. The molecule has 12 rings (SSSR count). The molecule has 296 valence electrons. The summed E-state index contributed by atoms with van der Waals surface area (Å²) in [5, 5.41) is 0. The van der Waals surface area contributed by atoms with Gasteiger partial charge in [-0.25, -0.2) is 0 Å². The molecule has 0 amide bonds. The maximum atomic E-state index is 2.48. The summed E-state index contributed by atoms with van der Waals surface area (Å²) in [6, 6.07) is 76.7. The molecule has 0 spiro atoms. The Bertz CT molecular complexity index is 3150. The zero-order chi connectivity index (χ0) is 41.7. The predicted octanol–water partition coefficient (Wildman–Crippen LogP) is 16.6. The van der Waals surface area contributed by atoms with Gasteiger partial charge in [0.2, 0.25) is 0 Å². The molecule has 0 unspecified atom stereocenters. The molecular formula is C60H46N2. The van der Waals surface area contributed by atoms with Crippen molar-refractivity contribution < 1.29 is 0 Å². The van der Waals surface area contributed by atoms with Gasteiger partial charge < -0.3 is 9.80 Å². The van der Waals surface area contributed by atoms with Crippen molar-refractivity contribution in [3.63, 3.8) is 0 Å². The summed E-state index contributed by atoms with van der Waals surface area (Å²) in [6.45, 7) is 9.48. The number of para-hydroxylation sites is 2. The molecule has 0 fully saturated rings. The molecule has 0 aromatic heterocycles. The van der Waals surface area contributed by atoms with E-state index in [9.17, 15) is 0 Å². The van der Waals surface area contributed by atoms with Gasteiger partial charge in [0.1, 0.15) is 0 Å². The Kier molecular flexibility index (Phi) is 7.96. The van der Waals surface area contributed by atoms with Crippen LogP contribution in [0.1, 0.15) is 49.9 Å². The Morgan fingerprint density at radius 2 is 0.774 bits per heavy atom. The van der Waals surface area contributed by atoms with Crippen molar-refractivity contribution in [2.45, 2.75) is 38.5 Å². The fourth-order valence-corrected chi connectivity index (χ4v) is 10.9. The number of benzene rings is 9. The first kappa shape index (κ1) is 36.4. The van der Waals surface area contributed by atoms with Crippen LogP contribution in [0.3, 0.4) is 0 Å². The van der Waals surface area contributed by atoms with Crippen LogP contribution in [0.4, 0.5) is 34.1 Å².